The second kappa shape index (κ2) is 5.95. The van der Waals surface area contributed by atoms with Crippen molar-refractivity contribution in [3.63, 3.8) is 0 Å². The van der Waals surface area contributed by atoms with Crippen LogP contribution >= 0.6 is 11.8 Å². The number of amides is 3. The van der Waals surface area contributed by atoms with Gasteiger partial charge >= 0.3 is 6.03 Å². The van der Waals surface area contributed by atoms with E-state index in [1.54, 1.807) is 11.8 Å². The van der Waals surface area contributed by atoms with Crippen molar-refractivity contribution in [1.82, 2.24) is 10.2 Å². The van der Waals surface area contributed by atoms with E-state index in [1.807, 2.05) is 4.90 Å². The summed E-state index contributed by atoms with van der Waals surface area (Å²) >= 11 is 1.78. The number of urea groups is 1. The van der Waals surface area contributed by atoms with Gasteiger partial charge in [-0.2, -0.15) is 11.8 Å². The zero-order valence-electron chi connectivity index (χ0n) is 11.0. The first-order valence-electron chi connectivity index (χ1n) is 6.83. The van der Waals surface area contributed by atoms with Crippen LogP contribution in [0.1, 0.15) is 44.9 Å². The summed E-state index contributed by atoms with van der Waals surface area (Å²) in [7, 11) is 0. The Morgan fingerprint density at radius 1 is 1.22 bits per heavy atom. The second-order valence-corrected chi connectivity index (χ2v) is 6.19. The highest BCUT2D eigenvalue weighted by Crippen LogP contribution is 2.36. The molecule has 2 aliphatic rings. The predicted molar refractivity (Wildman–Crippen MR) is 73.7 cm³/mol. The van der Waals surface area contributed by atoms with Crippen LogP contribution < -0.4 is 5.32 Å². The average Bonchev–Trinajstić information content (AvgIpc) is 2.55. The molecule has 1 N–H and O–H groups in total. The minimum absolute atomic E-state index is 0.0569. The van der Waals surface area contributed by atoms with Crippen LogP contribution in [-0.2, 0) is 4.79 Å². The fourth-order valence-corrected chi connectivity index (χ4v) is 3.51. The van der Waals surface area contributed by atoms with E-state index < -0.39 is 5.54 Å². The second-order valence-electron chi connectivity index (χ2n) is 5.20. The minimum Gasteiger partial charge on any atom is -0.310 e. The summed E-state index contributed by atoms with van der Waals surface area (Å²) in [5.74, 6) is 0.979. The van der Waals surface area contributed by atoms with E-state index in [1.165, 1.54) is 12.8 Å². The van der Waals surface area contributed by atoms with Gasteiger partial charge in [-0.25, -0.2) is 4.79 Å². The summed E-state index contributed by atoms with van der Waals surface area (Å²) in [6, 6.07) is -0.178. The van der Waals surface area contributed by atoms with Crippen LogP contribution in [0.25, 0.3) is 0 Å². The van der Waals surface area contributed by atoms with E-state index in [-0.39, 0.29) is 11.9 Å². The van der Waals surface area contributed by atoms with Gasteiger partial charge in [-0.05, 0) is 31.3 Å². The lowest BCUT2D eigenvalue weighted by Gasteiger charge is -2.34. The lowest BCUT2D eigenvalue weighted by molar-refractivity contribution is -0.127. The molecule has 1 aliphatic carbocycles. The first-order chi connectivity index (χ1) is 8.70. The Morgan fingerprint density at radius 2 is 1.89 bits per heavy atom. The van der Waals surface area contributed by atoms with E-state index in [4.69, 9.17) is 0 Å². The van der Waals surface area contributed by atoms with Gasteiger partial charge in [-0.3, -0.25) is 10.1 Å². The number of hydrogen-bond acceptors (Lipinski definition) is 3. The largest absolute Gasteiger partial charge is 0.325 e. The highest BCUT2D eigenvalue weighted by Gasteiger charge is 2.51. The Bertz CT molecular complexity index is 325. The molecule has 1 saturated heterocycles. The van der Waals surface area contributed by atoms with Gasteiger partial charge in [0.05, 0.1) is 0 Å². The van der Waals surface area contributed by atoms with Gasteiger partial charge < -0.3 is 4.90 Å². The summed E-state index contributed by atoms with van der Waals surface area (Å²) < 4.78 is 0. The molecule has 102 valence electrons. The normalized spacial score (nSPS) is 23.3. The van der Waals surface area contributed by atoms with Crippen molar-refractivity contribution in [2.24, 2.45) is 0 Å². The van der Waals surface area contributed by atoms with E-state index >= 15 is 0 Å². The van der Waals surface area contributed by atoms with Crippen molar-refractivity contribution in [2.45, 2.75) is 50.5 Å². The van der Waals surface area contributed by atoms with E-state index in [0.29, 0.717) is 6.54 Å². The molecule has 1 spiro atoms. The molecule has 0 aromatic heterocycles. The van der Waals surface area contributed by atoms with E-state index in [9.17, 15) is 9.59 Å². The molecule has 0 aromatic carbocycles. The maximum atomic E-state index is 12.2. The number of nitrogens with zero attached hydrogens (tertiary/aromatic N) is 1. The Hall–Kier alpha value is -0.710. The summed E-state index contributed by atoms with van der Waals surface area (Å²) in [5, 5.41) is 2.52. The van der Waals surface area contributed by atoms with Crippen molar-refractivity contribution >= 4 is 23.7 Å². The molecule has 0 unspecified atom stereocenters. The first-order valence-corrected chi connectivity index (χ1v) is 8.22. The van der Waals surface area contributed by atoms with Crippen LogP contribution in [-0.4, -0.2) is 40.9 Å². The standard InChI is InChI=1S/C13H22N2O2S/c1-18-10-6-9-15-12(17)14-11(16)13(15)7-4-2-3-5-8-13/h2-10H2,1H3,(H,14,16,17). The number of imide groups is 1. The Kier molecular flexibility index (Phi) is 4.54. The van der Waals surface area contributed by atoms with Gasteiger partial charge in [0.1, 0.15) is 5.54 Å². The molecular weight excluding hydrogens is 248 g/mol. The van der Waals surface area contributed by atoms with Crippen LogP contribution in [0.2, 0.25) is 0 Å². The van der Waals surface area contributed by atoms with Crippen molar-refractivity contribution in [3.05, 3.63) is 0 Å². The molecule has 0 radical (unpaired) electrons. The molecule has 1 aliphatic heterocycles. The number of nitrogens with one attached hydrogen (secondary N) is 1. The van der Waals surface area contributed by atoms with E-state index in [2.05, 4.69) is 11.6 Å². The van der Waals surface area contributed by atoms with Crippen LogP contribution in [0.5, 0.6) is 0 Å². The van der Waals surface area contributed by atoms with Gasteiger partial charge in [-0.15, -0.1) is 0 Å². The first kappa shape index (κ1) is 13.7. The third-order valence-corrected chi connectivity index (χ3v) is 4.76. The number of carbonyl (C=O) groups excluding carboxylic acids is 2. The quantitative estimate of drug-likeness (QED) is 0.630. The van der Waals surface area contributed by atoms with Gasteiger partial charge in [0, 0.05) is 6.54 Å². The fourth-order valence-electron chi connectivity index (χ4n) is 3.09. The molecule has 1 heterocycles. The van der Waals surface area contributed by atoms with Crippen molar-refractivity contribution in [2.75, 3.05) is 18.6 Å². The molecule has 4 nitrogen and oxygen atoms in total. The minimum atomic E-state index is -0.522. The smallest absolute Gasteiger partial charge is 0.310 e. The predicted octanol–water partition coefficient (Wildman–Crippen LogP) is 2.38. The molecule has 2 fully saturated rings. The monoisotopic (exact) mass is 270 g/mol. The Labute approximate surface area is 113 Å². The number of carbonyl (C=O) groups is 2. The van der Waals surface area contributed by atoms with Gasteiger partial charge in [-0.1, -0.05) is 25.7 Å². The SMILES string of the molecule is CSCCCN1C(=O)NC(=O)C12CCCCCC2. The maximum Gasteiger partial charge on any atom is 0.325 e. The van der Waals surface area contributed by atoms with Gasteiger partial charge in [0.15, 0.2) is 0 Å². The number of rotatable bonds is 4. The van der Waals surface area contributed by atoms with Crippen molar-refractivity contribution in [1.29, 1.82) is 0 Å². The lowest BCUT2D eigenvalue weighted by Crippen LogP contribution is -2.49. The molecule has 0 atom stereocenters. The summed E-state index contributed by atoms with van der Waals surface area (Å²) in [6.07, 6.45) is 9.18. The molecule has 2 rings (SSSR count). The molecule has 5 heteroatoms. The lowest BCUT2D eigenvalue weighted by atomic mass is 9.88. The zero-order valence-corrected chi connectivity index (χ0v) is 11.9. The third-order valence-electron chi connectivity index (χ3n) is 4.07. The molecule has 1 saturated carbocycles. The molecular formula is C13H22N2O2S. The van der Waals surface area contributed by atoms with Crippen LogP contribution in [0.3, 0.4) is 0 Å². The highest BCUT2D eigenvalue weighted by molar-refractivity contribution is 7.98. The Balaban J connectivity index is 2.11. The topological polar surface area (TPSA) is 49.4 Å². The zero-order chi connectivity index (χ0) is 13.0. The molecule has 3 amide bonds. The molecule has 0 bridgehead atoms. The third kappa shape index (κ3) is 2.51. The average molecular weight is 270 g/mol. The molecule has 0 aromatic rings. The van der Waals surface area contributed by atoms with Crippen LogP contribution in [0, 0.1) is 0 Å². The van der Waals surface area contributed by atoms with E-state index in [0.717, 1.165) is 37.9 Å². The number of thioether (sulfide) groups is 1. The summed E-state index contributed by atoms with van der Waals surface area (Å²) in [4.78, 5) is 25.9. The fraction of sp³-hybridized carbons (Fsp3) is 0.846. The number of hydrogen-bond donors (Lipinski definition) is 1. The summed E-state index contributed by atoms with van der Waals surface area (Å²) in [6.45, 7) is 0.707. The van der Waals surface area contributed by atoms with Crippen molar-refractivity contribution in [3.8, 4) is 0 Å². The van der Waals surface area contributed by atoms with Crippen LogP contribution in [0.4, 0.5) is 4.79 Å². The Morgan fingerprint density at radius 3 is 2.50 bits per heavy atom. The highest BCUT2D eigenvalue weighted by atomic mass is 32.2. The molecule has 18 heavy (non-hydrogen) atoms. The van der Waals surface area contributed by atoms with Crippen LogP contribution in [0.15, 0.2) is 0 Å². The van der Waals surface area contributed by atoms with Crippen molar-refractivity contribution < 1.29 is 9.59 Å². The summed E-state index contributed by atoms with van der Waals surface area (Å²) in [5.41, 5.74) is -0.522. The van der Waals surface area contributed by atoms with Gasteiger partial charge in [0.2, 0.25) is 0 Å². The van der Waals surface area contributed by atoms with Gasteiger partial charge in [0.25, 0.3) is 5.91 Å². The maximum absolute atomic E-state index is 12.2.